The third-order valence-electron chi connectivity index (χ3n) is 3.20. The molecule has 0 aliphatic rings. The minimum Gasteiger partial charge on any atom is -0.331 e. The zero-order chi connectivity index (χ0) is 16.8. The molecule has 0 fully saturated rings. The van der Waals surface area contributed by atoms with E-state index in [9.17, 15) is 14.0 Å². The molecule has 1 atom stereocenters. The van der Waals surface area contributed by atoms with Gasteiger partial charge < -0.3 is 10.6 Å². The summed E-state index contributed by atoms with van der Waals surface area (Å²) in [6.45, 7) is 1.77. The van der Waals surface area contributed by atoms with E-state index < -0.39 is 17.8 Å². The second-order valence-corrected chi connectivity index (χ2v) is 4.89. The Hall–Kier alpha value is -2.93. The van der Waals surface area contributed by atoms with Gasteiger partial charge in [-0.3, -0.25) is 10.0 Å². The van der Waals surface area contributed by atoms with Crippen molar-refractivity contribution in [1.29, 1.82) is 0 Å². The smallest absolute Gasteiger partial charge is 0.319 e. The molecule has 6 nitrogen and oxygen atoms in total. The van der Waals surface area contributed by atoms with Crippen molar-refractivity contribution in [2.45, 2.75) is 13.0 Å². The van der Waals surface area contributed by atoms with Gasteiger partial charge in [-0.1, -0.05) is 18.2 Å². The summed E-state index contributed by atoms with van der Waals surface area (Å²) in [5.41, 5.74) is 2.97. The van der Waals surface area contributed by atoms with Crippen molar-refractivity contribution in [3.05, 3.63) is 65.5 Å². The number of carbonyl (C=O) groups is 2. The lowest BCUT2D eigenvalue weighted by molar-refractivity contribution is 0.0706. The molecule has 0 aromatic heterocycles. The number of urea groups is 1. The molecule has 3 amide bonds. The Morgan fingerprint density at radius 3 is 2.43 bits per heavy atom. The van der Waals surface area contributed by atoms with E-state index in [1.807, 2.05) is 0 Å². The van der Waals surface area contributed by atoms with Gasteiger partial charge in [-0.2, -0.15) is 0 Å². The van der Waals surface area contributed by atoms with Gasteiger partial charge >= 0.3 is 6.03 Å². The van der Waals surface area contributed by atoms with Gasteiger partial charge in [0.25, 0.3) is 5.91 Å². The Morgan fingerprint density at radius 1 is 1.13 bits per heavy atom. The maximum atomic E-state index is 13.1. The van der Waals surface area contributed by atoms with Crippen LogP contribution in [-0.2, 0) is 0 Å². The zero-order valence-electron chi connectivity index (χ0n) is 12.3. The van der Waals surface area contributed by atoms with E-state index in [1.54, 1.807) is 30.6 Å². The molecule has 0 radical (unpaired) electrons. The van der Waals surface area contributed by atoms with Gasteiger partial charge in [0.15, 0.2) is 0 Å². The Balaban J connectivity index is 1.96. The predicted molar refractivity (Wildman–Crippen MR) is 82.7 cm³/mol. The average Bonchev–Trinajstić information content (AvgIpc) is 2.54. The van der Waals surface area contributed by atoms with Crippen LogP contribution in [0, 0.1) is 5.82 Å². The summed E-state index contributed by atoms with van der Waals surface area (Å²) in [6, 6.07) is 11.2. The third kappa shape index (κ3) is 4.52. The lowest BCUT2D eigenvalue weighted by atomic mass is 10.1. The van der Waals surface area contributed by atoms with E-state index in [4.69, 9.17) is 5.21 Å². The van der Waals surface area contributed by atoms with E-state index in [0.29, 0.717) is 11.3 Å². The number of hydroxylamine groups is 1. The van der Waals surface area contributed by atoms with Crippen molar-refractivity contribution in [1.82, 2.24) is 10.8 Å². The van der Waals surface area contributed by atoms with Gasteiger partial charge in [0.05, 0.1) is 6.04 Å². The molecular weight excluding hydrogens is 301 g/mol. The first-order valence-corrected chi connectivity index (χ1v) is 6.87. The number of anilines is 1. The highest BCUT2D eigenvalue weighted by Crippen LogP contribution is 2.14. The van der Waals surface area contributed by atoms with E-state index in [2.05, 4.69) is 10.6 Å². The minimum absolute atomic E-state index is 0.299. The van der Waals surface area contributed by atoms with Crippen LogP contribution in [0.25, 0.3) is 0 Å². The van der Waals surface area contributed by atoms with Crippen LogP contribution < -0.4 is 16.1 Å². The summed E-state index contributed by atoms with van der Waals surface area (Å²) < 4.78 is 13.1. The van der Waals surface area contributed by atoms with Crippen LogP contribution >= 0.6 is 0 Å². The molecule has 0 saturated heterocycles. The summed E-state index contributed by atoms with van der Waals surface area (Å²) >= 11 is 0. The maximum Gasteiger partial charge on any atom is 0.319 e. The molecule has 1 unspecified atom stereocenters. The summed E-state index contributed by atoms with van der Waals surface area (Å²) in [7, 11) is 0. The molecule has 4 N–H and O–H groups in total. The quantitative estimate of drug-likeness (QED) is 0.516. The Labute approximate surface area is 132 Å². The Bertz CT molecular complexity index is 704. The molecule has 2 aromatic rings. The Kier molecular flexibility index (Phi) is 5.27. The van der Waals surface area contributed by atoms with E-state index in [-0.39, 0.29) is 6.04 Å². The number of carbonyl (C=O) groups excluding carboxylic acids is 2. The number of hydrogen-bond donors (Lipinski definition) is 4. The van der Waals surface area contributed by atoms with Crippen LogP contribution in [0.15, 0.2) is 48.5 Å². The largest absolute Gasteiger partial charge is 0.331 e. The van der Waals surface area contributed by atoms with Gasteiger partial charge in [0.2, 0.25) is 0 Å². The molecule has 0 spiro atoms. The molecule has 0 aliphatic heterocycles. The minimum atomic E-state index is -0.610. The highest BCUT2D eigenvalue weighted by atomic mass is 19.1. The first kappa shape index (κ1) is 16.4. The zero-order valence-corrected chi connectivity index (χ0v) is 12.3. The molecule has 0 saturated carbocycles. The number of rotatable bonds is 4. The predicted octanol–water partition coefficient (Wildman–Crippen LogP) is 2.83. The molecular formula is C16H16FN3O3. The van der Waals surface area contributed by atoms with Gasteiger partial charge in [-0.15, -0.1) is 0 Å². The van der Waals surface area contributed by atoms with Crippen molar-refractivity contribution in [3.8, 4) is 0 Å². The summed E-state index contributed by atoms with van der Waals surface area (Å²) in [4.78, 5) is 23.1. The van der Waals surface area contributed by atoms with E-state index in [0.717, 1.165) is 5.56 Å². The Morgan fingerprint density at radius 2 is 1.83 bits per heavy atom. The second kappa shape index (κ2) is 7.37. The van der Waals surface area contributed by atoms with Crippen LogP contribution in [0.5, 0.6) is 0 Å². The monoisotopic (exact) mass is 317 g/mol. The van der Waals surface area contributed by atoms with Crippen molar-refractivity contribution in [2.75, 3.05) is 5.32 Å². The van der Waals surface area contributed by atoms with Gasteiger partial charge in [0, 0.05) is 11.3 Å². The molecule has 0 heterocycles. The molecule has 2 aromatic carbocycles. The van der Waals surface area contributed by atoms with Gasteiger partial charge in [0.1, 0.15) is 5.82 Å². The van der Waals surface area contributed by atoms with Crippen molar-refractivity contribution in [2.24, 2.45) is 0 Å². The van der Waals surface area contributed by atoms with Crippen molar-refractivity contribution in [3.63, 3.8) is 0 Å². The van der Waals surface area contributed by atoms with Gasteiger partial charge in [-0.25, -0.2) is 14.7 Å². The number of halogens is 1. The standard InChI is InChI=1S/C16H16FN3O3/c1-10(11-5-7-12(8-6-11)15(21)20-23)18-16(22)19-14-4-2-3-13(17)9-14/h2-10,23H,1H3,(H,20,21)(H2,18,19,22). The van der Waals surface area contributed by atoms with E-state index in [1.165, 1.54) is 30.3 Å². The van der Waals surface area contributed by atoms with Gasteiger partial charge in [-0.05, 0) is 42.8 Å². The molecule has 0 aliphatic carbocycles. The first-order chi connectivity index (χ1) is 11.0. The summed E-state index contributed by atoms with van der Waals surface area (Å²) in [6.07, 6.45) is 0. The number of hydrogen-bond acceptors (Lipinski definition) is 3. The molecule has 23 heavy (non-hydrogen) atoms. The van der Waals surface area contributed by atoms with Crippen molar-refractivity contribution >= 4 is 17.6 Å². The van der Waals surface area contributed by atoms with Crippen LogP contribution in [0.4, 0.5) is 14.9 Å². The molecule has 0 bridgehead atoms. The van der Waals surface area contributed by atoms with Crippen LogP contribution in [0.1, 0.15) is 28.9 Å². The SMILES string of the molecule is CC(NC(=O)Nc1cccc(F)c1)c1ccc(C(=O)NO)cc1. The second-order valence-electron chi connectivity index (χ2n) is 4.89. The molecule has 7 heteroatoms. The van der Waals surface area contributed by atoms with Crippen LogP contribution in [0.2, 0.25) is 0 Å². The van der Waals surface area contributed by atoms with E-state index >= 15 is 0 Å². The highest BCUT2D eigenvalue weighted by molar-refractivity contribution is 5.93. The fourth-order valence-corrected chi connectivity index (χ4v) is 2.00. The normalized spacial score (nSPS) is 11.4. The number of benzene rings is 2. The third-order valence-corrected chi connectivity index (χ3v) is 3.20. The van der Waals surface area contributed by atoms with Crippen LogP contribution in [-0.4, -0.2) is 17.1 Å². The topological polar surface area (TPSA) is 90.5 Å². The average molecular weight is 317 g/mol. The highest BCUT2D eigenvalue weighted by Gasteiger charge is 2.11. The molecule has 120 valence electrons. The lowest BCUT2D eigenvalue weighted by Crippen LogP contribution is -2.31. The van der Waals surface area contributed by atoms with Crippen molar-refractivity contribution < 1.29 is 19.2 Å². The maximum absolute atomic E-state index is 13.1. The molecule has 2 rings (SSSR count). The fourth-order valence-electron chi connectivity index (χ4n) is 2.00. The lowest BCUT2D eigenvalue weighted by Gasteiger charge is -2.15. The number of amides is 3. The summed E-state index contributed by atoms with van der Waals surface area (Å²) in [5.74, 6) is -1.05. The number of nitrogens with one attached hydrogen (secondary N) is 3. The first-order valence-electron chi connectivity index (χ1n) is 6.87. The summed E-state index contributed by atoms with van der Waals surface area (Å²) in [5, 5.41) is 13.8. The fraction of sp³-hybridized carbons (Fsp3) is 0.125. The van der Waals surface area contributed by atoms with Crippen LogP contribution in [0.3, 0.4) is 0 Å².